The van der Waals surface area contributed by atoms with Gasteiger partial charge in [0.05, 0.1) is 6.04 Å². The Kier molecular flexibility index (Phi) is 5.65. The van der Waals surface area contributed by atoms with Crippen LogP contribution in [0.3, 0.4) is 0 Å². The first-order chi connectivity index (χ1) is 12.6. The Labute approximate surface area is 177 Å². The van der Waals surface area contributed by atoms with Gasteiger partial charge in [-0.05, 0) is 63.1 Å². The summed E-state index contributed by atoms with van der Waals surface area (Å²) in [6, 6.07) is 21.5. The Hall–Kier alpha value is -2.21. The van der Waals surface area contributed by atoms with E-state index < -0.39 is 0 Å². The summed E-state index contributed by atoms with van der Waals surface area (Å²) in [6.07, 6.45) is 2.16. The van der Waals surface area contributed by atoms with Crippen molar-refractivity contribution in [2.75, 3.05) is 0 Å². The highest BCUT2D eigenvalue weighted by molar-refractivity contribution is 5.76. The topological polar surface area (TPSA) is 21.7 Å². The van der Waals surface area contributed by atoms with E-state index >= 15 is 0 Å². The van der Waals surface area contributed by atoms with E-state index in [9.17, 15) is 0 Å². The van der Waals surface area contributed by atoms with Crippen molar-refractivity contribution >= 4 is 11.2 Å². The molecule has 4 aromatic rings. The molecule has 0 saturated carbocycles. The minimum atomic E-state index is 0. The zero-order valence-electron chi connectivity index (χ0n) is 16.1. The normalized spacial score (nSPS) is 11.0. The maximum Gasteiger partial charge on any atom is 0.307 e. The van der Waals surface area contributed by atoms with Crippen LogP contribution in [0.2, 0.25) is 0 Å². The highest BCUT2D eigenvalue weighted by Gasteiger charge is 2.22. The van der Waals surface area contributed by atoms with Crippen LogP contribution >= 0.6 is 0 Å². The van der Waals surface area contributed by atoms with E-state index in [0.29, 0.717) is 6.04 Å². The van der Waals surface area contributed by atoms with E-state index in [-0.39, 0.29) is 24.0 Å². The maximum atomic E-state index is 5.09. The van der Waals surface area contributed by atoms with E-state index in [0.717, 1.165) is 22.5 Å². The largest absolute Gasteiger partial charge is 1.00 e. The van der Waals surface area contributed by atoms with Gasteiger partial charge in [0.25, 0.3) is 0 Å². The second-order valence-corrected chi connectivity index (χ2v) is 7.13. The third-order valence-electron chi connectivity index (χ3n) is 4.93. The lowest BCUT2D eigenvalue weighted by molar-refractivity contribution is -0.570. The Balaban J connectivity index is 0.00000210. The molecule has 0 bridgehead atoms. The highest BCUT2D eigenvalue weighted by Crippen LogP contribution is 2.27. The molecule has 0 saturated heterocycles. The van der Waals surface area contributed by atoms with Crippen molar-refractivity contribution in [1.29, 1.82) is 0 Å². The van der Waals surface area contributed by atoms with Gasteiger partial charge in [-0.25, -0.2) is 0 Å². The van der Waals surface area contributed by atoms with E-state index in [1.165, 1.54) is 16.7 Å². The molecule has 138 valence electrons. The summed E-state index contributed by atoms with van der Waals surface area (Å²) < 4.78 is 4.47. The zero-order valence-corrected chi connectivity index (χ0v) is 18.3. The van der Waals surface area contributed by atoms with Gasteiger partial charge >= 0.3 is 5.65 Å². The third-order valence-corrected chi connectivity index (χ3v) is 4.93. The standard InChI is InChI=1S/C23H24N3.HI/c1-16(2)25-15-26(19-11-6-5-7-12-19)23-21(25)14-13-20(24-23)22-17(3)9-8-10-18(22)4;/h5-16H,1-4H3;1H/q+1;/p-1. The van der Waals surface area contributed by atoms with Gasteiger partial charge in [0.2, 0.25) is 0 Å². The Morgan fingerprint density at radius 1 is 0.852 bits per heavy atom. The Morgan fingerprint density at radius 2 is 1.52 bits per heavy atom. The molecular formula is C23H24IN3. The second-order valence-electron chi connectivity index (χ2n) is 7.13. The van der Waals surface area contributed by atoms with Crippen molar-refractivity contribution in [2.24, 2.45) is 0 Å². The number of para-hydroxylation sites is 1. The number of imidazole rings is 1. The van der Waals surface area contributed by atoms with Gasteiger partial charge in [-0.3, -0.25) is 4.57 Å². The SMILES string of the molecule is Cc1cccc(C)c1-c1ccc2c(n1)[n+](-c1ccccc1)cn2C(C)C.[I-]. The Bertz CT molecular complexity index is 1060. The summed E-state index contributed by atoms with van der Waals surface area (Å²) in [7, 11) is 0. The minimum Gasteiger partial charge on any atom is -1.00 e. The van der Waals surface area contributed by atoms with Crippen LogP contribution in [0.4, 0.5) is 0 Å². The number of nitrogens with zero attached hydrogens (tertiary/aromatic N) is 3. The van der Waals surface area contributed by atoms with Crippen LogP contribution in [0, 0.1) is 13.8 Å². The van der Waals surface area contributed by atoms with E-state index in [1.807, 2.05) is 6.07 Å². The molecule has 2 aromatic carbocycles. The molecule has 3 nitrogen and oxygen atoms in total. The smallest absolute Gasteiger partial charge is 0.307 e. The molecular weight excluding hydrogens is 445 g/mol. The van der Waals surface area contributed by atoms with Gasteiger partial charge in [-0.1, -0.05) is 41.4 Å². The first kappa shape index (κ1) is 19.5. The van der Waals surface area contributed by atoms with Crippen molar-refractivity contribution in [1.82, 2.24) is 9.55 Å². The molecule has 0 atom stereocenters. The molecule has 4 heteroatoms. The second kappa shape index (κ2) is 7.80. The highest BCUT2D eigenvalue weighted by atomic mass is 127. The van der Waals surface area contributed by atoms with Crippen molar-refractivity contribution in [3.63, 3.8) is 0 Å². The molecule has 0 fully saturated rings. The molecule has 0 N–H and O–H groups in total. The van der Waals surface area contributed by atoms with Crippen molar-refractivity contribution in [2.45, 2.75) is 33.7 Å². The van der Waals surface area contributed by atoms with Crippen LogP contribution in [-0.2, 0) is 0 Å². The predicted molar refractivity (Wildman–Crippen MR) is 107 cm³/mol. The van der Waals surface area contributed by atoms with E-state index in [4.69, 9.17) is 4.98 Å². The van der Waals surface area contributed by atoms with Crippen LogP contribution in [-0.4, -0.2) is 9.55 Å². The predicted octanol–water partition coefficient (Wildman–Crippen LogP) is 2.18. The summed E-state index contributed by atoms with van der Waals surface area (Å²) in [5.74, 6) is 0. The van der Waals surface area contributed by atoms with Gasteiger partial charge in [-0.15, -0.1) is 0 Å². The molecule has 27 heavy (non-hydrogen) atoms. The molecule has 0 spiro atoms. The lowest BCUT2D eigenvalue weighted by Crippen LogP contribution is -3.00. The van der Waals surface area contributed by atoms with Gasteiger partial charge in [0.1, 0.15) is 11.4 Å². The Morgan fingerprint density at radius 3 is 2.15 bits per heavy atom. The molecule has 0 unspecified atom stereocenters. The maximum absolute atomic E-state index is 5.09. The van der Waals surface area contributed by atoms with Gasteiger partial charge < -0.3 is 24.0 Å². The number of pyridine rings is 1. The summed E-state index contributed by atoms with van der Waals surface area (Å²) in [5, 5.41) is 0. The number of hydrogen-bond donors (Lipinski definition) is 0. The van der Waals surface area contributed by atoms with Crippen LogP contribution in [0.5, 0.6) is 0 Å². The first-order valence-electron chi connectivity index (χ1n) is 9.11. The number of aromatic nitrogens is 3. The summed E-state index contributed by atoms with van der Waals surface area (Å²) in [4.78, 5) is 5.09. The molecule has 2 heterocycles. The first-order valence-corrected chi connectivity index (χ1v) is 9.11. The number of benzene rings is 2. The molecule has 0 amide bonds. The molecule has 4 rings (SSSR count). The van der Waals surface area contributed by atoms with Gasteiger partial charge in [0.15, 0.2) is 11.8 Å². The van der Waals surface area contributed by atoms with Gasteiger partial charge in [-0.2, -0.15) is 4.57 Å². The lowest BCUT2D eigenvalue weighted by atomic mass is 9.99. The van der Waals surface area contributed by atoms with E-state index in [2.05, 4.69) is 97.8 Å². The van der Waals surface area contributed by atoms with Gasteiger partial charge in [0, 0.05) is 5.56 Å². The van der Waals surface area contributed by atoms with Crippen LogP contribution in [0.1, 0.15) is 31.0 Å². The number of fused-ring (bicyclic) bond motifs is 1. The van der Waals surface area contributed by atoms with Crippen LogP contribution in [0.25, 0.3) is 28.1 Å². The fraction of sp³-hybridized carbons (Fsp3) is 0.217. The number of aryl methyl sites for hydroxylation is 2. The molecule has 0 aliphatic heterocycles. The zero-order chi connectivity index (χ0) is 18.3. The molecule has 2 aromatic heterocycles. The van der Waals surface area contributed by atoms with E-state index in [1.54, 1.807) is 0 Å². The van der Waals surface area contributed by atoms with Crippen molar-refractivity contribution in [3.05, 3.63) is 78.1 Å². The average molecular weight is 469 g/mol. The third kappa shape index (κ3) is 3.50. The minimum absolute atomic E-state index is 0. The summed E-state index contributed by atoms with van der Waals surface area (Å²) >= 11 is 0. The fourth-order valence-electron chi connectivity index (χ4n) is 3.61. The average Bonchev–Trinajstić information content (AvgIpc) is 3.01. The molecule has 0 radical (unpaired) electrons. The quantitative estimate of drug-likeness (QED) is 0.333. The van der Waals surface area contributed by atoms with Crippen molar-refractivity contribution in [3.8, 4) is 16.9 Å². The summed E-state index contributed by atoms with van der Waals surface area (Å²) in [5.41, 5.74) is 8.04. The number of halogens is 1. The number of hydrogen-bond acceptors (Lipinski definition) is 1. The molecule has 0 aliphatic carbocycles. The molecule has 0 aliphatic rings. The summed E-state index contributed by atoms with van der Waals surface area (Å²) in [6.45, 7) is 8.71. The van der Waals surface area contributed by atoms with Crippen LogP contribution < -0.4 is 28.5 Å². The fourth-order valence-corrected chi connectivity index (χ4v) is 3.61. The lowest BCUT2D eigenvalue weighted by Gasteiger charge is -2.07. The number of rotatable bonds is 3. The monoisotopic (exact) mass is 469 g/mol. The van der Waals surface area contributed by atoms with Crippen molar-refractivity contribution < 1.29 is 28.5 Å². The van der Waals surface area contributed by atoms with Crippen LogP contribution in [0.15, 0.2) is 67.0 Å².